The average molecular weight is 286 g/mol. The van der Waals surface area contributed by atoms with E-state index in [1.54, 1.807) is 7.11 Å². The lowest BCUT2D eigenvalue weighted by atomic mass is 9.95. The van der Waals surface area contributed by atoms with Crippen molar-refractivity contribution in [2.45, 2.75) is 25.3 Å². The highest BCUT2D eigenvalue weighted by atomic mass is 16.5. The SMILES string of the molecule is COc1cccc([C@H]2CCCCN2C(=O)c2ncn[nH]2)c1. The first-order valence-corrected chi connectivity index (χ1v) is 7.10. The van der Waals surface area contributed by atoms with E-state index in [1.807, 2.05) is 29.2 Å². The van der Waals surface area contributed by atoms with Crippen LogP contribution in [0.5, 0.6) is 5.75 Å². The van der Waals surface area contributed by atoms with Gasteiger partial charge < -0.3 is 9.64 Å². The number of hydrogen-bond donors (Lipinski definition) is 1. The summed E-state index contributed by atoms with van der Waals surface area (Å²) in [6.07, 6.45) is 4.44. The lowest BCUT2D eigenvalue weighted by Crippen LogP contribution is -2.39. The first-order valence-electron chi connectivity index (χ1n) is 7.10. The van der Waals surface area contributed by atoms with Crippen LogP contribution in [0.4, 0.5) is 0 Å². The van der Waals surface area contributed by atoms with Gasteiger partial charge in [0.05, 0.1) is 13.2 Å². The summed E-state index contributed by atoms with van der Waals surface area (Å²) in [5, 5.41) is 6.41. The van der Waals surface area contributed by atoms with Gasteiger partial charge in [-0.15, -0.1) is 0 Å². The van der Waals surface area contributed by atoms with E-state index in [2.05, 4.69) is 15.2 Å². The Morgan fingerprint density at radius 2 is 2.33 bits per heavy atom. The van der Waals surface area contributed by atoms with Gasteiger partial charge in [0.25, 0.3) is 5.91 Å². The van der Waals surface area contributed by atoms with Crippen molar-refractivity contribution in [2.24, 2.45) is 0 Å². The summed E-state index contributed by atoms with van der Waals surface area (Å²) in [4.78, 5) is 18.4. The van der Waals surface area contributed by atoms with Crippen LogP contribution in [0.1, 0.15) is 41.5 Å². The Morgan fingerprint density at radius 1 is 1.43 bits per heavy atom. The molecule has 1 fully saturated rings. The first kappa shape index (κ1) is 13.6. The number of piperidine rings is 1. The molecule has 0 aliphatic carbocycles. The average Bonchev–Trinajstić information content (AvgIpc) is 3.09. The topological polar surface area (TPSA) is 71.1 Å². The molecule has 0 bridgehead atoms. The number of nitrogens with one attached hydrogen (secondary N) is 1. The molecule has 3 rings (SSSR count). The van der Waals surface area contributed by atoms with Crippen molar-refractivity contribution < 1.29 is 9.53 Å². The molecule has 110 valence electrons. The second kappa shape index (κ2) is 5.95. The van der Waals surface area contributed by atoms with Crippen molar-refractivity contribution in [1.82, 2.24) is 20.1 Å². The Labute approximate surface area is 123 Å². The third kappa shape index (κ3) is 2.74. The molecule has 0 radical (unpaired) electrons. The number of aromatic nitrogens is 3. The van der Waals surface area contributed by atoms with Gasteiger partial charge in [-0.3, -0.25) is 9.89 Å². The summed E-state index contributed by atoms with van der Waals surface area (Å²) in [6, 6.07) is 7.97. The van der Waals surface area contributed by atoms with Gasteiger partial charge in [-0.05, 0) is 37.0 Å². The largest absolute Gasteiger partial charge is 0.497 e. The minimum absolute atomic E-state index is 0.0615. The quantitative estimate of drug-likeness (QED) is 0.938. The molecule has 1 aromatic carbocycles. The highest BCUT2D eigenvalue weighted by Gasteiger charge is 2.30. The van der Waals surface area contributed by atoms with Crippen molar-refractivity contribution in [2.75, 3.05) is 13.7 Å². The lowest BCUT2D eigenvalue weighted by Gasteiger charge is -2.35. The van der Waals surface area contributed by atoms with Crippen LogP contribution in [0.3, 0.4) is 0 Å². The normalized spacial score (nSPS) is 18.5. The van der Waals surface area contributed by atoms with Crippen LogP contribution in [-0.4, -0.2) is 39.6 Å². The van der Waals surface area contributed by atoms with Crippen molar-refractivity contribution in [1.29, 1.82) is 0 Å². The van der Waals surface area contributed by atoms with Crippen LogP contribution in [-0.2, 0) is 0 Å². The molecule has 2 heterocycles. The van der Waals surface area contributed by atoms with Crippen LogP contribution in [0.2, 0.25) is 0 Å². The maximum atomic E-state index is 12.6. The Balaban J connectivity index is 1.89. The van der Waals surface area contributed by atoms with Crippen LogP contribution >= 0.6 is 0 Å². The van der Waals surface area contributed by atoms with E-state index < -0.39 is 0 Å². The van der Waals surface area contributed by atoms with Crippen LogP contribution < -0.4 is 4.74 Å². The number of H-pyrrole nitrogens is 1. The Bertz CT molecular complexity index is 612. The van der Waals surface area contributed by atoms with E-state index in [0.717, 1.165) is 37.1 Å². The van der Waals surface area contributed by atoms with E-state index in [1.165, 1.54) is 6.33 Å². The molecule has 0 unspecified atom stereocenters. The monoisotopic (exact) mass is 286 g/mol. The number of likely N-dealkylation sites (tertiary alicyclic amines) is 1. The molecule has 1 amide bonds. The van der Waals surface area contributed by atoms with Gasteiger partial charge >= 0.3 is 0 Å². The number of rotatable bonds is 3. The first-order chi connectivity index (χ1) is 10.3. The number of aromatic amines is 1. The zero-order chi connectivity index (χ0) is 14.7. The third-order valence-electron chi connectivity index (χ3n) is 3.86. The van der Waals surface area contributed by atoms with Crippen molar-refractivity contribution >= 4 is 5.91 Å². The summed E-state index contributed by atoms with van der Waals surface area (Å²) in [7, 11) is 1.65. The molecule has 0 spiro atoms. The molecule has 21 heavy (non-hydrogen) atoms. The Hall–Kier alpha value is -2.37. The maximum absolute atomic E-state index is 12.6. The second-order valence-corrected chi connectivity index (χ2v) is 5.12. The number of benzene rings is 1. The van der Waals surface area contributed by atoms with E-state index in [-0.39, 0.29) is 11.9 Å². The number of methoxy groups -OCH3 is 1. The molecule has 1 aliphatic heterocycles. The highest BCUT2D eigenvalue weighted by Crippen LogP contribution is 2.33. The maximum Gasteiger partial charge on any atom is 0.291 e. The van der Waals surface area contributed by atoms with Crippen molar-refractivity contribution in [3.05, 3.63) is 42.0 Å². The third-order valence-corrected chi connectivity index (χ3v) is 3.86. The fourth-order valence-electron chi connectivity index (χ4n) is 2.81. The zero-order valence-electron chi connectivity index (χ0n) is 12.0. The fourth-order valence-corrected chi connectivity index (χ4v) is 2.81. The number of carbonyl (C=O) groups excluding carboxylic acids is 1. The minimum Gasteiger partial charge on any atom is -0.497 e. The number of amides is 1. The van der Waals surface area contributed by atoms with Gasteiger partial charge in [0, 0.05) is 6.54 Å². The molecule has 2 aromatic rings. The van der Waals surface area contributed by atoms with Gasteiger partial charge in [0.1, 0.15) is 12.1 Å². The zero-order valence-corrected chi connectivity index (χ0v) is 12.0. The molecule has 6 nitrogen and oxygen atoms in total. The fraction of sp³-hybridized carbons (Fsp3) is 0.400. The summed E-state index contributed by atoms with van der Waals surface area (Å²) in [5.74, 6) is 1.01. The standard InChI is InChI=1S/C15H18N4O2/c1-21-12-6-4-5-11(9-12)13-7-2-3-8-19(13)15(20)14-16-10-17-18-14/h4-6,9-10,13H,2-3,7-8H2,1H3,(H,16,17,18)/t13-/m1/s1. The van der Waals surface area contributed by atoms with Crippen LogP contribution in [0.25, 0.3) is 0 Å². The van der Waals surface area contributed by atoms with Crippen LogP contribution in [0, 0.1) is 0 Å². The van der Waals surface area contributed by atoms with Crippen LogP contribution in [0.15, 0.2) is 30.6 Å². The minimum atomic E-state index is -0.0972. The molecular weight excluding hydrogens is 268 g/mol. The van der Waals surface area contributed by atoms with Gasteiger partial charge in [-0.25, -0.2) is 4.98 Å². The Kier molecular flexibility index (Phi) is 3.85. The molecular formula is C15H18N4O2. The molecule has 0 saturated carbocycles. The predicted molar refractivity (Wildman–Crippen MR) is 77.0 cm³/mol. The molecule has 1 aromatic heterocycles. The predicted octanol–water partition coefficient (Wildman–Crippen LogP) is 2.18. The summed E-state index contributed by atoms with van der Waals surface area (Å²) in [5.41, 5.74) is 1.10. The molecule has 1 saturated heterocycles. The number of hydrogen-bond acceptors (Lipinski definition) is 4. The molecule has 1 atom stereocenters. The van der Waals surface area contributed by atoms with E-state index >= 15 is 0 Å². The molecule has 1 N–H and O–H groups in total. The van der Waals surface area contributed by atoms with E-state index in [4.69, 9.17) is 4.74 Å². The number of nitrogens with zero attached hydrogens (tertiary/aromatic N) is 3. The summed E-state index contributed by atoms with van der Waals surface area (Å²) >= 11 is 0. The van der Waals surface area contributed by atoms with Crippen molar-refractivity contribution in [3.63, 3.8) is 0 Å². The van der Waals surface area contributed by atoms with Gasteiger partial charge in [0.15, 0.2) is 0 Å². The lowest BCUT2D eigenvalue weighted by molar-refractivity contribution is 0.0599. The van der Waals surface area contributed by atoms with Gasteiger partial charge in [0.2, 0.25) is 5.82 Å². The number of carbonyl (C=O) groups is 1. The molecule has 6 heteroatoms. The number of ether oxygens (including phenoxy) is 1. The van der Waals surface area contributed by atoms with E-state index in [9.17, 15) is 4.79 Å². The van der Waals surface area contributed by atoms with Crippen molar-refractivity contribution in [3.8, 4) is 5.75 Å². The Morgan fingerprint density at radius 3 is 3.10 bits per heavy atom. The summed E-state index contributed by atoms with van der Waals surface area (Å²) < 4.78 is 5.28. The molecule has 1 aliphatic rings. The van der Waals surface area contributed by atoms with Gasteiger partial charge in [-0.1, -0.05) is 12.1 Å². The highest BCUT2D eigenvalue weighted by molar-refractivity contribution is 5.90. The van der Waals surface area contributed by atoms with E-state index in [0.29, 0.717) is 5.82 Å². The smallest absolute Gasteiger partial charge is 0.291 e. The summed E-state index contributed by atoms with van der Waals surface area (Å²) in [6.45, 7) is 0.738. The van der Waals surface area contributed by atoms with Gasteiger partial charge in [-0.2, -0.15) is 5.10 Å². The second-order valence-electron chi connectivity index (χ2n) is 5.12.